The molecule has 0 atom stereocenters. The van der Waals surface area contributed by atoms with Crippen LogP contribution in [0, 0.1) is 19.3 Å². The summed E-state index contributed by atoms with van der Waals surface area (Å²) in [5.74, 6) is 0.783. The third kappa shape index (κ3) is 3.90. The Bertz CT molecular complexity index is 469. The number of nitrogen functional groups attached to an aromatic ring is 1. The Labute approximate surface area is 121 Å². The third-order valence-corrected chi connectivity index (χ3v) is 3.32. The van der Waals surface area contributed by atoms with Crippen LogP contribution in [0.2, 0.25) is 0 Å². The van der Waals surface area contributed by atoms with Crippen LogP contribution in [0.25, 0.3) is 0 Å². The molecule has 0 aliphatic heterocycles. The van der Waals surface area contributed by atoms with E-state index in [2.05, 4.69) is 26.9 Å². The van der Waals surface area contributed by atoms with Gasteiger partial charge in [-0.25, -0.2) is 0 Å². The number of hydrogen-bond donors (Lipinski definition) is 2. The molecular weight excluding hydrogens is 252 g/mol. The zero-order valence-corrected chi connectivity index (χ0v) is 13.2. The van der Waals surface area contributed by atoms with E-state index in [0.29, 0.717) is 5.56 Å². The predicted molar refractivity (Wildman–Crippen MR) is 83.6 cm³/mol. The molecule has 0 bridgehead atoms. The number of anilines is 1. The van der Waals surface area contributed by atoms with Gasteiger partial charge in [-0.15, -0.1) is 5.10 Å². The third-order valence-electron chi connectivity index (χ3n) is 3.32. The number of hydrogen-bond acceptors (Lipinski definition) is 5. The van der Waals surface area contributed by atoms with Crippen molar-refractivity contribution >= 4 is 11.7 Å². The van der Waals surface area contributed by atoms with E-state index in [4.69, 9.17) is 11.1 Å². The molecule has 6 heteroatoms. The zero-order valence-electron chi connectivity index (χ0n) is 13.2. The number of likely N-dealkylation sites (N-methyl/N-ethyl adjacent to an activating group) is 1. The Morgan fingerprint density at radius 3 is 2.30 bits per heavy atom. The van der Waals surface area contributed by atoms with E-state index in [9.17, 15) is 0 Å². The van der Waals surface area contributed by atoms with Gasteiger partial charge in [0.2, 0.25) is 0 Å². The molecule has 1 aromatic rings. The lowest BCUT2D eigenvalue weighted by Gasteiger charge is -2.27. The van der Waals surface area contributed by atoms with Gasteiger partial charge >= 0.3 is 0 Å². The molecule has 1 heterocycles. The van der Waals surface area contributed by atoms with Crippen LogP contribution in [0.3, 0.4) is 0 Å². The van der Waals surface area contributed by atoms with E-state index >= 15 is 0 Å². The first-order valence-electron chi connectivity index (χ1n) is 6.96. The second-order valence-corrected chi connectivity index (χ2v) is 5.31. The van der Waals surface area contributed by atoms with E-state index in [1.165, 1.54) is 0 Å². The van der Waals surface area contributed by atoms with Crippen LogP contribution in [0.4, 0.5) is 5.82 Å². The fraction of sp³-hybridized carbons (Fsp3) is 0.643. The van der Waals surface area contributed by atoms with E-state index in [1.807, 2.05) is 27.9 Å². The molecule has 0 unspecified atom stereocenters. The molecule has 0 amide bonds. The van der Waals surface area contributed by atoms with Gasteiger partial charge in [0.05, 0.1) is 11.3 Å². The highest BCUT2D eigenvalue weighted by Crippen LogP contribution is 2.21. The first kappa shape index (κ1) is 16.4. The summed E-state index contributed by atoms with van der Waals surface area (Å²) in [6, 6.07) is 0. The molecule has 112 valence electrons. The minimum absolute atomic E-state index is 0.0569. The molecule has 0 saturated carbocycles. The summed E-state index contributed by atoms with van der Waals surface area (Å²) in [6.45, 7) is 8.61. The van der Waals surface area contributed by atoms with Crippen LogP contribution < -0.4 is 10.6 Å². The normalized spacial score (nSPS) is 10.9. The van der Waals surface area contributed by atoms with Gasteiger partial charge < -0.3 is 15.5 Å². The van der Waals surface area contributed by atoms with Crippen molar-refractivity contribution in [2.45, 2.75) is 27.2 Å². The highest BCUT2D eigenvalue weighted by molar-refractivity contribution is 6.01. The lowest BCUT2D eigenvalue weighted by molar-refractivity contribution is 0.412. The molecule has 1 rings (SSSR count). The number of nitrogens with one attached hydrogen (secondary N) is 1. The number of rotatable bonds is 7. The minimum Gasteiger partial charge on any atom is -0.384 e. The van der Waals surface area contributed by atoms with Crippen molar-refractivity contribution in [3.05, 3.63) is 16.8 Å². The fourth-order valence-electron chi connectivity index (χ4n) is 2.05. The van der Waals surface area contributed by atoms with Gasteiger partial charge in [-0.05, 0) is 39.9 Å². The van der Waals surface area contributed by atoms with Crippen molar-refractivity contribution < 1.29 is 0 Å². The van der Waals surface area contributed by atoms with Crippen molar-refractivity contribution in [1.29, 1.82) is 5.41 Å². The molecule has 0 aliphatic rings. The summed E-state index contributed by atoms with van der Waals surface area (Å²) in [6.07, 6.45) is 1.01. The molecule has 0 fully saturated rings. The molecule has 0 spiro atoms. The van der Waals surface area contributed by atoms with Crippen LogP contribution >= 0.6 is 0 Å². The minimum atomic E-state index is 0.0569. The van der Waals surface area contributed by atoms with Gasteiger partial charge in [-0.1, -0.05) is 6.92 Å². The largest absolute Gasteiger partial charge is 0.384 e. The Kier molecular flexibility index (Phi) is 5.88. The van der Waals surface area contributed by atoms with Crippen molar-refractivity contribution in [2.24, 2.45) is 5.73 Å². The summed E-state index contributed by atoms with van der Waals surface area (Å²) in [7, 11) is 4.09. The van der Waals surface area contributed by atoms with Crippen LogP contribution in [0.1, 0.15) is 30.2 Å². The van der Waals surface area contributed by atoms with E-state index in [-0.39, 0.29) is 5.84 Å². The quantitative estimate of drug-likeness (QED) is 0.577. The first-order valence-corrected chi connectivity index (χ1v) is 6.96. The number of nitrogens with zero attached hydrogens (tertiary/aromatic N) is 4. The van der Waals surface area contributed by atoms with Crippen LogP contribution in [-0.4, -0.2) is 54.7 Å². The molecule has 3 N–H and O–H groups in total. The number of aryl methyl sites for hydroxylation is 1. The standard InChI is InChI=1S/C14H26N6/c1-6-7-20(9-8-19(4)5)14-12(13(15)16)10(2)11(3)17-18-14/h6-9H2,1-5H3,(H3,15,16). The first-order chi connectivity index (χ1) is 9.38. The summed E-state index contributed by atoms with van der Waals surface area (Å²) >= 11 is 0. The van der Waals surface area contributed by atoms with Gasteiger partial charge in [-0.2, -0.15) is 5.10 Å². The SMILES string of the molecule is CCCN(CCN(C)C)c1nnc(C)c(C)c1C(=N)N. The van der Waals surface area contributed by atoms with Gasteiger partial charge in [0.25, 0.3) is 0 Å². The summed E-state index contributed by atoms with van der Waals surface area (Å²) in [5.41, 5.74) is 8.23. The summed E-state index contributed by atoms with van der Waals surface area (Å²) < 4.78 is 0. The van der Waals surface area contributed by atoms with Crippen molar-refractivity contribution in [3.63, 3.8) is 0 Å². The van der Waals surface area contributed by atoms with Crippen LogP contribution in [0.5, 0.6) is 0 Å². The van der Waals surface area contributed by atoms with Crippen molar-refractivity contribution in [3.8, 4) is 0 Å². The van der Waals surface area contributed by atoms with Crippen molar-refractivity contribution in [2.75, 3.05) is 38.6 Å². The Morgan fingerprint density at radius 1 is 1.15 bits per heavy atom. The topological polar surface area (TPSA) is 82.1 Å². The molecule has 0 saturated heterocycles. The van der Waals surface area contributed by atoms with Gasteiger partial charge in [0.1, 0.15) is 5.84 Å². The summed E-state index contributed by atoms with van der Waals surface area (Å²) in [4.78, 5) is 4.29. The van der Waals surface area contributed by atoms with Crippen molar-refractivity contribution in [1.82, 2.24) is 15.1 Å². The Balaban J connectivity index is 3.18. The predicted octanol–water partition coefficient (Wildman–Crippen LogP) is 1.16. The second kappa shape index (κ2) is 7.19. The average Bonchev–Trinajstić information content (AvgIpc) is 2.37. The van der Waals surface area contributed by atoms with Gasteiger partial charge in [0.15, 0.2) is 5.82 Å². The summed E-state index contributed by atoms with van der Waals surface area (Å²) in [5, 5.41) is 16.3. The fourth-order valence-corrected chi connectivity index (χ4v) is 2.05. The molecule has 6 nitrogen and oxygen atoms in total. The maximum atomic E-state index is 7.83. The molecular formula is C14H26N6. The molecule has 0 aliphatic carbocycles. The maximum Gasteiger partial charge on any atom is 0.162 e. The maximum absolute atomic E-state index is 7.83. The van der Waals surface area contributed by atoms with E-state index < -0.39 is 0 Å². The van der Waals surface area contributed by atoms with E-state index in [1.54, 1.807) is 0 Å². The molecule has 0 aromatic carbocycles. The average molecular weight is 278 g/mol. The number of nitrogens with two attached hydrogens (primary N) is 1. The Hall–Kier alpha value is -1.69. The molecule has 0 radical (unpaired) electrons. The molecule has 20 heavy (non-hydrogen) atoms. The van der Waals surface area contributed by atoms with Gasteiger partial charge in [-0.3, -0.25) is 5.41 Å². The van der Waals surface area contributed by atoms with Gasteiger partial charge in [0, 0.05) is 19.6 Å². The monoisotopic (exact) mass is 278 g/mol. The highest BCUT2D eigenvalue weighted by Gasteiger charge is 2.18. The highest BCUT2D eigenvalue weighted by atomic mass is 15.3. The number of amidine groups is 1. The zero-order chi connectivity index (χ0) is 15.3. The van der Waals surface area contributed by atoms with Crippen LogP contribution in [-0.2, 0) is 0 Å². The second-order valence-electron chi connectivity index (χ2n) is 5.31. The lowest BCUT2D eigenvalue weighted by Crippen LogP contribution is -2.35. The van der Waals surface area contributed by atoms with E-state index in [0.717, 1.165) is 43.1 Å². The Morgan fingerprint density at radius 2 is 1.80 bits per heavy atom. The molecule has 1 aromatic heterocycles. The lowest BCUT2D eigenvalue weighted by atomic mass is 10.1. The smallest absolute Gasteiger partial charge is 0.162 e. The number of aromatic nitrogens is 2. The van der Waals surface area contributed by atoms with Crippen LogP contribution in [0.15, 0.2) is 0 Å².